The van der Waals surface area contributed by atoms with Gasteiger partial charge in [0.25, 0.3) is 5.56 Å². The van der Waals surface area contributed by atoms with E-state index in [1.54, 1.807) is 7.05 Å². The van der Waals surface area contributed by atoms with Crippen molar-refractivity contribution in [1.82, 2.24) is 18.9 Å². The maximum atomic E-state index is 13.2. The summed E-state index contributed by atoms with van der Waals surface area (Å²) in [6, 6.07) is 9.81. The van der Waals surface area contributed by atoms with E-state index in [0.29, 0.717) is 25.3 Å². The first-order valence-corrected chi connectivity index (χ1v) is 10.5. The van der Waals surface area contributed by atoms with Gasteiger partial charge in [0, 0.05) is 58.6 Å². The predicted octanol–water partition coefficient (Wildman–Crippen LogP) is 0.847. The van der Waals surface area contributed by atoms with Crippen molar-refractivity contribution in [3.63, 3.8) is 0 Å². The molecule has 1 aromatic heterocycles. The third-order valence-electron chi connectivity index (χ3n) is 5.52. The minimum Gasteiger partial charge on any atom is -0.379 e. The number of carbonyl (C=O) groups is 1. The van der Waals surface area contributed by atoms with Crippen LogP contribution in [0.15, 0.2) is 52.2 Å². The van der Waals surface area contributed by atoms with Crippen molar-refractivity contribution in [3.05, 3.63) is 74.6 Å². The van der Waals surface area contributed by atoms with Crippen LogP contribution in [0.1, 0.15) is 18.1 Å². The molecule has 0 bridgehead atoms. The van der Waals surface area contributed by atoms with Crippen LogP contribution in [0.4, 0.5) is 0 Å². The molecule has 0 spiro atoms. The van der Waals surface area contributed by atoms with Crippen LogP contribution < -0.4 is 11.2 Å². The largest absolute Gasteiger partial charge is 0.379 e. The van der Waals surface area contributed by atoms with Crippen LogP contribution in [-0.2, 0) is 30.2 Å². The molecule has 166 valence electrons. The summed E-state index contributed by atoms with van der Waals surface area (Å²) in [5.41, 5.74) is 0.496. The zero-order valence-corrected chi connectivity index (χ0v) is 18.4. The quantitative estimate of drug-likeness (QED) is 0.614. The summed E-state index contributed by atoms with van der Waals surface area (Å²) in [6.07, 6.45) is 4.36. The Labute approximate surface area is 182 Å². The van der Waals surface area contributed by atoms with Crippen molar-refractivity contribution < 1.29 is 9.53 Å². The number of carbonyl (C=O) groups excluding carboxylic acids is 1. The van der Waals surface area contributed by atoms with E-state index in [4.69, 9.17) is 4.74 Å². The molecule has 1 aliphatic heterocycles. The molecule has 1 saturated heterocycles. The third-order valence-corrected chi connectivity index (χ3v) is 5.52. The van der Waals surface area contributed by atoms with Gasteiger partial charge in [0.1, 0.15) is 0 Å². The van der Waals surface area contributed by atoms with Crippen LogP contribution in [0.5, 0.6) is 0 Å². The van der Waals surface area contributed by atoms with Gasteiger partial charge in [-0.05, 0) is 18.6 Å². The molecule has 8 heteroatoms. The van der Waals surface area contributed by atoms with Crippen molar-refractivity contribution in [2.24, 2.45) is 14.1 Å². The summed E-state index contributed by atoms with van der Waals surface area (Å²) in [6.45, 7) is 6.36. The lowest BCUT2D eigenvalue weighted by atomic mass is 10.1. The summed E-state index contributed by atoms with van der Waals surface area (Å²) >= 11 is 0. The Morgan fingerprint density at radius 1 is 1.16 bits per heavy atom. The summed E-state index contributed by atoms with van der Waals surface area (Å²) < 4.78 is 7.78. The number of rotatable bonds is 7. The topological polar surface area (TPSA) is 76.8 Å². The second kappa shape index (κ2) is 10.4. The van der Waals surface area contributed by atoms with E-state index < -0.39 is 11.2 Å². The van der Waals surface area contributed by atoms with Gasteiger partial charge in [-0.1, -0.05) is 30.3 Å². The first-order valence-electron chi connectivity index (χ1n) is 10.5. The SMILES string of the molecule is CC(CN1CCOCC1)N(Cc1ccccc1)C(=O)/C=C/c1cn(C)c(=O)n(C)c1=O. The van der Waals surface area contributed by atoms with Gasteiger partial charge < -0.3 is 14.2 Å². The third kappa shape index (κ3) is 5.80. The minimum atomic E-state index is -0.428. The van der Waals surface area contributed by atoms with Gasteiger partial charge in [-0.2, -0.15) is 0 Å². The molecule has 2 heterocycles. The van der Waals surface area contributed by atoms with Gasteiger partial charge in [-0.25, -0.2) is 4.79 Å². The molecule has 1 atom stereocenters. The smallest absolute Gasteiger partial charge is 0.330 e. The number of aryl methyl sites for hydroxylation is 1. The molecule has 1 aromatic carbocycles. The highest BCUT2D eigenvalue weighted by Gasteiger charge is 2.22. The van der Waals surface area contributed by atoms with E-state index in [2.05, 4.69) is 4.90 Å². The summed E-state index contributed by atoms with van der Waals surface area (Å²) in [4.78, 5) is 41.5. The number of hydrogen-bond donors (Lipinski definition) is 0. The van der Waals surface area contributed by atoms with E-state index in [9.17, 15) is 14.4 Å². The van der Waals surface area contributed by atoms with E-state index in [0.717, 1.165) is 29.8 Å². The highest BCUT2D eigenvalue weighted by molar-refractivity contribution is 5.91. The van der Waals surface area contributed by atoms with Gasteiger partial charge in [0.05, 0.1) is 18.8 Å². The van der Waals surface area contributed by atoms with E-state index in [1.165, 1.54) is 30.0 Å². The predicted molar refractivity (Wildman–Crippen MR) is 120 cm³/mol. The lowest BCUT2D eigenvalue weighted by Gasteiger charge is -2.34. The summed E-state index contributed by atoms with van der Waals surface area (Å²) in [5.74, 6) is -0.180. The van der Waals surface area contributed by atoms with Gasteiger partial charge in [-0.3, -0.25) is 19.1 Å². The number of benzene rings is 1. The molecular weight excluding hydrogens is 396 g/mol. The van der Waals surface area contributed by atoms with Crippen molar-refractivity contribution in [1.29, 1.82) is 0 Å². The molecule has 31 heavy (non-hydrogen) atoms. The number of nitrogens with zero attached hydrogens (tertiary/aromatic N) is 4. The fourth-order valence-corrected chi connectivity index (χ4v) is 3.69. The molecule has 8 nitrogen and oxygen atoms in total. The van der Waals surface area contributed by atoms with E-state index >= 15 is 0 Å². The van der Waals surface area contributed by atoms with Crippen molar-refractivity contribution in [2.45, 2.75) is 19.5 Å². The van der Waals surface area contributed by atoms with Crippen molar-refractivity contribution in [2.75, 3.05) is 32.8 Å². The average Bonchev–Trinajstić information content (AvgIpc) is 2.78. The molecule has 3 rings (SSSR count). The Morgan fingerprint density at radius 2 is 1.84 bits per heavy atom. The molecular formula is C23H30N4O4. The first kappa shape index (κ1) is 22.7. The average molecular weight is 427 g/mol. The Bertz CT molecular complexity index is 1040. The van der Waals surface area contributed by atoms with Crippen LogP contribution in [0.25, 0.3) is 6.08 Å². The first-order chi connectivity index (χ1) is 14.9. The number of ether oxygens (including phenoxy) is 1. The van der Waals surface area contributed by atoms with Crippen LogP contribution in [0, 0.1) is 0 Å². The second-order valence-corrected chi connectivity index (χ2v) is 7.89. The molecule has 0 aliphatic carbocycles. The monoisotopic (exact) mass is 426 g/mol. The maximum absolute atomic E-state index is 13.2. The van der Waals surface area contributed by atoms with Crippen LogP contribution in [0.3, 0.4) is 0 Å². The van der Waals surface area contributed by atoms with Crippen LogP contribution >= 0.6 is 0 Å². The van der Waals surface area contributed by atoms with Gasteiger partial charge in [0.15, 0.2) is 0 Å². The standard InChI is InChI=1S/C23H30N4O4/c1-18(15-26-11-13-31-14-12-26)27(16-19-7-5-4-6-8-19)21(28)10-9-20-17-24(2)23(30)25(3)22(20)29/h4-10,17-18H,11-16H2,1-3H3/b10-9+. The Balaban J connectivity index is 1.82. The van der Waals surface area contributed by atoms with Crippen molar-refractivity contribution in [3.8, 4) is 0 Å². The maximum Gasteiger partial charge on any atom is 0.330 e. The molecule has 0 radical (unpaired) electrons. The normalized spacial score (nSPS) is 15.8. The van der Waals surface area contributed by atoms with Crippen molar-refractivity contribution >= 4 is 12.0 Å². The molecule has 0 N–H and O–H groups in total. The zero-order valence-electron chi connectivity index (χ0n) is 18.4. The molecule has 1 fully saturated rings. The Morgan fingerprint density at radius 3 is 2.52 bits per heavy atom. The zero-order chi connectivity index (χ0) is 22.4. The summed E-state index contributed by atoms with van der Waals surface area (Å²) in [5, 5.41) is 0. The highest BCUT2D eigenvalue weighted by atomic mass is 16.5. The second-order valence-electron chi connectivity index (χ2n) is 7.89. The van der Waals surface area contributed by atoms with Crippen LogP contribution in [-0.4, -0.2) is 63.7 Å². The fraction of sp³-hybridized carbons (Fsp3) is 0.435. The fourth-order valence-electron chi connectivity index (χ4n) is 3.69. The van der Waals surface area contributed by atoms with E-state index in [-0.39, 0.29) is 11.9 Å². The lowest BCUT2D eigenvalue weighted by molar-refractivity contribution is -0.129. The van der Waals surface area contributed by atoms with Gasteiger partial charge in [0.2, 0.25) is 5.91 Å². The number of aromatic nitrogens is 2. The lowest BCUT2D eigenvalue weighted by Crippen LogP contribution is -2.47. The highest BCUT2D eigenvalue weighted by Crippen LogP contribution is 2.12. The van der Waals surface area contributed by atoms with E-state index in [1.807, 2.05) is 42.2 Å². The van der Waals surface area contributed by atoms with Gasteiger partial charge >= 0.3 is 5.69 Å². The molecule has 1 aliphatic rings. The molecule has 2 aromatic rings. The Kier molecular flexibility index (Phi) is 7.59. The van der Waals surface area contributed by atoms with Gasteiger partial charge in [-0.15, -0.1) is 0 Å². The number of hydrogen-bond acceptors (Lipinski definition) is 5. The minimum absolute atomic E-state index is 0.0292. The Hall–Kier alpha value is -2.97. The molecule has 0 saturated carbocycles. The summed E-state index contributed by atoms with van der Waals surface area (Å²) in [7, 11) is 3.00. The van der Waals surface area contributed by atoms with Crippen LogP contribution in [0.2, 0.25) is 0 Å². The molecule has 1 unspecified atom stereocenters. The molecule has 1 amide bonds. The number of morpholine rings is 1. The number of amides is 1.